The number of H-pyrrole nitrogens is 1. The molecular weight excluding hydrogens is 332 g/mol. The normalized spacial score (nSPS) is 13.1. The fourth-order valence-corrected chi connectivity index (χ4v) is 3.06. The second-order valence-electron chi connectivity index (χ2n) is 5.81. The van der Waals surface area contributed by atoms with Gasteiger partial charge in [0.15, 0.2) is 11.6 Å². The van der Waals surface area contributed by atoms with E-state index in [0.717, 1.165) is 11.4 Å². The molecule has 2 aromatic carbocycles. The highest BCUT2D eigenvalue weighted by molar-refractivity contribution is 6.28. The smallest absolute Gasteiger partial charge is 0.290 e. The maximum absolute atomic E-state index is 12.7. The van der Waals surface area contributed by atoms with Gasteiger partial charge in [-0.3, -0.25) is 14.4 Å². The zero-order chi connectivity index (χ0) is 18.7. The standard InChI is InChI=1S/C19H14N2O2.CH2O2/c1-11(19-20-8-9-21-19)12-6-7-15-16(10-12)18(23)14-5-3-2-4-13(14)17(15)22;2-1-3/h2-11H,1H3,(H,20,21);1H,(H,2,3). The lowest BCUT2D eigenvalue weighted by Gasteiger charge is -2.19. The van der Waals surface area contributed by atoms with Gasteiger partial charge in [-0.1, -0.05) is 37.3 Å². The Balaban J connectivity index is 0.000000613. The molecular formula is C20H16N2O4. The van der Waals surface area contributed by atoms with Gasteiger partial charge in [0, 0.05) is 40.6 Å². The number of rotatable bonds is 2. The van der Waals surface area contributed by atoms with Crippen LogP contribution in [0.2, 0.25) is 0 Å². The van der Waals surface area contributed by atoms with Crippen molar-refractivity contribution in [2.45, 2.75) is 12.8 Å². The minimum Gasteiger partial charge on any atom is -0.483 e. The minimum absolute atomic E-state index is 0.0235. The fourth-order valence-electron chi connectivity index (χ4n) is 3.06. The number of nitrogens with one attached hydrogen (secondary N) is 1. The number of imidazole rings is 1. The quantitative estimate of drug-likeness (QED) is 0.542. The van der Waals surface area contributed by atoms with Crippen LogP contribution in [0.4, 0.5) is 0 Å². The Morgan fingerprint density at radius 2 is 1.58 bits per heavy atom. The van der Waals surface area contributed by atoms with Crippen molar-refractivity contribution in [3.05, 3.63) is 88.5 Å². The molecule has 0 amide bonds. The number of aromatic nitrogens is 2. The van der Waals surface area contributed by atoms with Crippen LogP contribution in [0, 0.1) is 0 Å². The first-order chi connectivity index (χ1) is 12.6. The molecule has 0 saturated heterocycles. The Morgan fingerprint density at radius 1 is 1.00 bits per heavy atom. The lowest BCUT2D eigenvalue weighted by molar-refractivity contribution is -0.122. The highest BCUT2D eigenvalue weighted by Crippen LogP contribution is 2.30. The van der Waals surface area contributed by atoms with Crippen LogP contribution >= 0.6 is 0 Å². The first-order valence-corrected chi connectivity index (χ1v) is 7.98. The van der Waals surface area contributed by atoms with Gasteiger partial charge in [-0.05, 0) is 17.7 Å². The molecule has 26 heavy (non-hydrogen) atoms. The van der Waals surface area contributed by atoms with Crippen LogP contribution < -0.4 is 0 Å². The van der Waals surface area contributed by atoms with Crippen molar-refractivity contribution in [1.82, 2.24) is 9.97 Å². The molecule has 3 aromatic rings. The number of aromatic amines is 1. The SMILES string of the molecule is CC(c1ccc2c(c1)C(=O)c1ccccc1C2=O)c1ncc[nH]1.O=CO. The highest BCUT2D eigenvalue weighted by atomic mass is 16.3. The summed E-state index contributed by atoms with van der Waals surface area (Å²) in [5, 5.41) is 6.89. The number of fused-ring (bicyclic) bond motifs is 2. The molecule has 6 nitrogen and oxygen atoms in total. The minimum atomic E-state index is -0.250. The number of ketones is 2. The van der Waals surface area contributed by atoms with Crippen LogP contribution in [-0.2, 0) is 4.79 Å². The second-order valence-corrected chi connectivity index (χ2v) is 5.81. The fraction of sp³-hybridized carbons (Fsp3) is 0.100. The molecule has 6 heteroatoms. The Hall–Kier alpha value is -3.54. The van der Waals surface area contributed by atoms with Gasteiger partial charge in [-0.15, -0.1) is 0 Å². The Kier molecular flexibility index (Phi) is 4.75. The molecule has 0 saturated carbocycles. The number of carbonyl (C=O) groups excluding carboxylic acids is 2. The van der Waals surface area contributed by atoms with Gasteiger partial charge in [0.25, 0.3) is 6.47 Å². The topological polar surface area (TPSA) is 100 Å². The molecule has 4 rings (SSSR count). The Labute approximate surface area is 149 Å². The average Bonchev–Trinajstić information content (AvgIpc) is 3.20. The number of hydrogen-bond acceptors (Lipinski definition) is 4. The number of benzene rings is 2. The van der Waals surface area contributed by atoms with Gasteiger partial charge < -0.3 is 10.1 Å². The van der Waals surface area contributed by atoms with Gasteiger partial charge >= 0.3 is 0 Å². The van der Waals surface area contributed by atoms with E-state index >= 15 is 0 Å². The molecule has 0 aliphatic heterocycles. The van der Waals surface area contributed by atoms with E-state index < -0.39 is 0 Å². The molecule has 0 bridgehead atoms. The van der Waals surface area contributed by atoms with E-state index in [9.17, 15) is 9.59 Å². The molecule has 1 atom stereocenters. The molecule has 1 heterocycles. The van der Waals surface area contributed by atoms with E-state index in [1.54, 1.807) is 42.7 Å². The zero-order valence-electron chi connectivity index (χ0n) is 14.0. The van der Waals surface area contributed by atoms with Crippen LogP contribution in [0.15, 0.2) is 54.9 Å². The summed E-state index contributed by atoms with van der Waals surface area (Å²) >= 11 is 0. The van der Waals surface area contributed by atoms with Crippen molar-refractivity contribution in [1.29, 1.82) is 0 Å². The summed E-state index contributed by atoms with van der Waals surface area (Å²) in [7, 11) is 0. The molecule has 0 fully saturated rings. The van der Waals surface area contributed by atoms with E-state index in [2.05, 4.69) is 9.97 Å². The molecule has 1 aliphatic carbocycles. The summed E-state index contributed by atoms with van der Waals surface area (Å²) in [6.07, 6.45) is 3.48. The van der Waals surface area contributed by atoms with Crippen LogP contribution in [0.1, 0.15) is 56.1 Å². The van der Waals surface area contributed by atoms with Gasteiger partial charge in [0.05, 0.1) is 0 Å². The van der Waals surface area contributed by atoms with E-state index in [0.29, 0.717) is 22.3 Å². The molecule has 1 aliphatic rings. The maximum atomic E-state index is 12.7. The van der Waals surface area contributed by atoms with Crippen LogP contribution in [0.25, 0.3) is 0 Å². The third-order valence-corrected chi connectivity index (χ3v) is 4.38. The third-order valence-electron chi connectivity index (χ3n) is 4.38. The number of carboxylic acid groups (broad SMARTS) is 1. The molecule has 1 aromatic heterocycles. The van der Waals surface area contributed by atoms with Gasteiger partial charge in [-0.25, -0.2) is 4.98 Å². The van der Waals surface area contributed by atoms with E-state index in [4.69, 9.17) is 9.90 Å². The van der Waals surface area contributed by atoms with E-state index in [1.165, 1.54) is 0 Å². The summed E-state index contributed by atoms with van der Waals surface area (Å²) in [6.45, 7) is 1.77. The summed E-state index contributed by atoms with van der Waals surface area (Å²) in [6, 6.07) is 12.4. The molecule has 1 unspecified atom stereocenters. The van der Waals surface area contributed by atoms with Gasteiger partial charge in [-0.2, -0.15) is 0 Å². The maximum Gasteiger partial charge on any atom is 0.290 e. The van der Waals surface area contributed by atoms with Crippen molar-refractivity contribution < 1.29 is 19.5 Å². The van der Waals surface area contributed by atoms with Gasteiger partial charge in [0.1, 0.15) is 5.82 Å². The van der Waals surface area contributed by atoms with Crippen molar-refractivity contribution in [2.24, 2.45) is 0 Å². The average molecular weight is 348 g/mol. The molecule has 0 spiro atoms. The predicted molar refractivity (Wildman–Crippen MR) is 94.5 cm³/mol. The Morgan fingerprint density at radius 3 is 2.15 bits per heavy atom. The van der Waals surface area contributed by atoms with Crippen LogP contribution in [0.3, 0.4) is 0 Å². The lowest BCUT2D eigenvalue weighted by Crippen LogP contribution is -2.21. The molecule has 130 valence electrons. The van der Waals surface area contributed by atoms with E-state index in [1.807, 2.05) is 19.1 Å². The first-order valence-electron chi connectivity index (χ1n) is 7.98. The summed E-state index contributed by atoms with van der Waals surface area (Å²) in [5.41, 5.74) is 2.87. The third kappa shape index (κ3) is 2.93. The summed E-state index contributed by atoms with van der Waals surface area (Å²) in [5.74, 6) is 0.673. The highest BCUT2D eigenvalue weighted by Gasteiger charge is 2.29. The number of nitrogens with zero attached hydrogens (tertiary/aromatic N) is 1. The monoisotopic (exact) mass is 348 g/mol. The van der Waals surface area contributed by atoms with Crippen molar-refractivity contribution in [3.8, 4) is 0 Å². The van der Waals surface area contributed by atoms with Gasteiger partial charge in [0.2, 0.25) is 0 Å². The molecule has 2 N–H and O–H groups in total. The van der Waals surface area contributed by atoms with Crippen molar-refractivity contribution >= 4 is 18.0 Å². The van der Waals surface area contributed by atoms with Crippen molar-refractivity contribution in [3.63, 3.8) is 0 Å². The van der Waals surface area contributed by atoms with Crippen LogP contribution in [-0.4, -0.2) is 33.1 Å². The second kappa shape index (κ2) is 7.14. The molecule has 0 radical (unpaired) electrons. The first kappa shape index (κ1) is 17.3. The van der Waals surface area contributed by atoms with Crippen LogP contribution in [0.5, 0.6) is 0 Å². The summed E-state index contributed by atoms with van der Waals surface area (Å²) < 4.78 is 0. The number of carbonyl (C=O) groups is 3. The number of hydrogen-bond donors (Lipinski definition) is 2. The Bertz CT molecular complexity index is 977. The largest absolute Gasteiger partial charge is 0.483 e. The lowest BCUT2D eigenvalue weighted by atomic mass is 9.82. The zero-order valence-corrected chi connectivity index (χ0v) is 14.0. The predicted octanol–water partition coefficient (Wildman–Crippen LogP) is 3.04. The van der Waals surface area contributed by atoms with E-state index in [-0.39, 0.29) is 24.0 Å². The van der Waals surface area contributed by atoms with Crippen molar-refractivity contribution in [2.75, 3.05) is 0 Å². The summed E-state index contributed by atoms with van der Waals surface area (Å²) in [4.78, 5) is 41.0.